The van der Waals surface area contributed by atoms with E-state index in [-0.39, 0.29) is 34.4 Å². The minimum Gasteiger partial charge on any atom is -0.351 e. The highest BCUT2D eigenvalue weighted by molar-refractivity contribution is 7.90. The van der Waals surface area contributed by atoms with E-state index in [9.17, 15) is 26.4 Å². The third kappa shape index (κ3) is 7.16. The lowest BCUT2D eigenvalue weighted by atomic mass is 9.90. The van der Waals surface area contributed by atoms with Crippen molar-refractivity contribution in [3.63, 3.8) is 0 Å². The van der Waals surface area contributed by atoms with Gasteiger partial charge in [0, 0.05) is 67.7 Å². The van der Waals surface area contributed by atoms with Crippen molar-refractivity contribution in [3.8, 4) is 22.5 Å². The molecule has 2 aliphatic carbocycles. The van der Waals surface area contributed by atoms with Crippen molar-refractivity contribution in [2.75, 3.05) is 16.5 Å². The van der Waals surface area contributed by atoms with Gasteiger partial charge in [-0.25, -0.2) is 23.4 Å². The first-order chi connectivity index (χ1) is 21.8. The van der Waals surface area contributed by atoms with Gasteiger partial charge in [0.25, 0.3) is 0 Å². The minimum atomic E-state index is -4.78. The molecule has 4 aromatic rings. The second-order valence-corrected chi connectivity index (χ2v) is 13.9. The van der Waals surface area contributed by atoms with Crippen LogP contribution >= 0.6 is 0 Å². The Morgan fingerprint density at radius 3 is 2.35 bits per heavy atom. The van der Waals surface area contributed by atoms with E-state index in [2.05, 4.69) is 35.3 Å². The Kier molecular flexibility index (Phi) is 8.48. The van der Waals surface area contributed by atoms with Crippen molar-refractivity contribution in [2.45, 2.75) is 68.1 Å². The first kappa shape index (κ1) is 31.5. The number of anilines is 2. The number of halogens is 3. The van der Waals surface area contributed by atoms with Crippen LogP contribution < -0.4 is 10.2 Å². The van der Waals surface area contributed by atoms with Crippen LogP contribution in [0.2, 0.25) is 0 Å². The molecular weight excluding hydrogens is 623 g/mol. The molecule has 242 valence electrons. The number of carbonyl (C=O) groups excluding carboxylic acids is 1. The van der Waals surface area contributed by atoms with Gasteiger partial charge in [-0.3, -0.25) is 24.3 Å². The normalized spacial score (nSPS) is 18.7. The highest BCUT2D eigenvalue weighted by Gasteiger charge is 2.37. The van der Waals surface area contributed by atoms with Gasteiger partial charge >= 0.3 is 6.18 Å². The molecule has 0 aliphatic heterocycles. The molecule has 0 saturated heterocycles. The zero-order chi connectivity index (χ0) is 32.6. The number of nitrogens with zero attached hydrogens (tertiary/aromatic N) is 8. The summed E-state index contributed by atoms with van der Waals surface area (Å²) in [5, 5.41) is 7.32. The molecule has 16 heteroatoms. The summed E-state index contributed by atoms with van der Waals surface area (Å²) in [6.07, 6.45) is 10.8. The smallest absolute Gasteiger partial charge is 0.351 e. The summed E-state index contributed by atoms with van der Waals surface area (Å²) in [6, 6.07) is 0.825. The lowest BCUT2D eigenvalue weighted by molar-refractivity contribution is -0.137. The van der Waals surface area contributed by atoms with Crippen LogP contribution in [0.25, 0.3) is 22.5 Å². The maximum absolute atomic E-state index is 13.9. The van der Waals surface area contributed by atoms with Gasteiger partial charge in [-0.05, 0) is 50.5 Å². The fraction of sp³-hybridized carbons (Fsp3) is 0.433. The van der Waals surface area contributed by atoms with E-state index in [1.165, 1.54) is 0 Å². The number of aryl methyl sites for hydroxylation is 1. The topological polar surface area (TPSA) is 149 Å². The average Bonchev–Trinajstić information content (AvgIpc) is 3.73. The van der Waals surface area contributed by atoms with Crippen molar-refractivity contribution < 1.29 is 26.4 Å². The van der Waals surface area contributed by atoms with E-state index in [1.54, 1.807) is 28.2 Å². The predicted molar refractivity (Wildman–Crippen MR) is 162 cm³/mol. The summed E-state index contributed by atoms with van der Waals surface area (Å²) in [5.41, 5.74) is -0.201. The van der Waals surface area contributed by atoms with Crippen LogP contribution in [-0.2, 0) is 27.9 Å². The Morgan fingerprint density at radius 2 is 1.74 bits per heavy atom. The van der Waals surface area contributed by atoms with Gasteiger partial charge in [0.2, 0.25) is 11.9 Å². The van der Waals surface area contributed by atoms with Crippen LogP contribution in [0.15, 0.2) is 54.3 Å². The fourth-order valence-electron chi connectivity index (χ4n) is 5.62. The van der Waals surface area contributed by atoms with E-state index in [4.69, 9.17) is 0 Å². The zero-order valence-electron chi connectivity index (χ0n) is 25.1. The van der Waals surface area contributed by atoms with E-state index in [1.807, 2.05) is 13.2 Å². The van der Waals surface area contributed by atoms with Crippen molar-refractivity contribution in [1.29, 1.82) is 0 Å². The first-order valence-electron chi connectivity index (χ1n) is 14.8. The molecular formula is C30H32F3N9O3S. The molecule has 0 bridgehead atoms. The molecule has 2 saturated carbocycles. The minimum absolute atomic E-state index is 0.00276. The Hall–Kier alpha value is -4.47. The SMILES string of the molecule is Cn1cc(-c2cnc(N(C(=O)CC3CC3)[C@H]3CC[C@H](Nc4ncc(C(F)(F)F)c(-c5cncc(S(C)(=O)=O)c5)n4)CC3)cn2)cn1. The van der Waals surface area contributed by atoms with Crippen LogP contribution in [0, 0.1) is 5.92 Å². The second kappa shape index (κ2) is 12.4. The van der Waals surface area contributed by atoms with Crippen molar-refractivity contribution in [2.24, 2.45) is 13.0 Å². The number of rotatable bonds is 9. The molecule has 0 radical (unpaired) electrons. The number of hydrogen-bond donors (Lipinski definition) is 1. The maximum Gasteiger partial charge on any atom is 0.419 e. The molecule has 4 aromatic heterocycles. The highest BCUT2D eigenvalue weighted by Crippen LogP contribution is 2.38. The summed E-state index contributed by atoms with van der Waals surface area (Å²) >= 11 is 0. The average molecular weight is 656 g/mol. The molecule has 6 rings (SSSR count). The number of alkyl halides is 3. The van der Waals surface area contributed by atoms with Crippen LogP contribution in [0.3, 0.4) is 0 Å². The second-order valence-electron chi connectivity index (χ2n) is 11.9. The Bertz CT molecular complexity index is 1840. The number of amides is 1. The number of hydrogen-bond acceptors (Lipinski definition) is 10. The molecule has 46 heavy (non-hydrogen) atoms. The lowest BCUT2D eigenvalue weighted by Crippen LogP contribution is -2.45. The van der Waals surface area contributed by atoms with Crippen molar-refractivity contribution in [1.82, 2.24) is 34.7 Å². The standard InChI is InChI=1S/C30H32F3N9O3S/c1-41-17-20(12-38-41)25-15-36-26(16-35-25)42(27(43)9-18-3-4-18)22-7-5-21(6-8-22)39-29-37-14-24(30(31,32)33)28(40-29)19-10-23(13-34-11-19)46(2,44)45/h10-18,21-22H,3-9H2,1-2H3,(H,37,39,40)/t21-,22-. The molecule has 1 N–H and O–H groups in total. The van der Waals surface area contributed by atoms with Crippen molar-refractivity contribution in [3.05, 3.63) is 55.0 Å². The lowest BCUT2D eigenvalue weighted by Gasteiger charge is -2.36. The van der Waals surface area contributed by atoms with E-state index >= 15 is 0 Å². The number of sulfone groups is 1. The van der Waals surface area contributed by atoms with Crippen LogP contribution in [0.1, 0.15) is 50.5 Å². The Balaban J connectivity index is 1.19. The van der Waals surface area contributed by atoms with Gasteiger partial charge < -0.3 is 5.32 Å². The van der Waals surface area contributed by atoms with Gasteiger partial charge in [-0.2, -0.15) is 18.3 Å². The summed E-state index contributed by atoms with van der Waals surface area (Å²) < 4.78 is 67.4. The summed E-state index contributed by atoms with van der Waals surface area (Å²) in [7, 11) is -1.90. The molecule has 2 fully saturated rings. The summed E-state index contributed by atoms with van der Waals surface area (Å²) in [5.74, 6) is 0.850. The molecule has 1 amide bonds. The van der Waals surface area contributed by atoms with E-state index in [0.717, 1.165) is 43.1 Å². The van der Waals surface area contributed by atoms with Gasteiger partial charge in [-0.15, -0.1) is 0 Å². The number of carbonyl (C=O) groups is 1. The fourth-order valence-corrected chi connectivity index (χ4v) is 6.22. The Morgan fingerprint density at radius 1 is 0.978 bits per heavy atom. The summed E-state index contributed by atoms with van der Waals surface area (Å²) in [4.78, 5) is 36.1. The van der Waals surface area contributed by atoms with E-state index in [0.29, 0.717) is 55.7 Å². The highest BCUT2D eigenvalue weighted by atomic mass is 32.2. The quantitative estimate of drug-likeness (QED) is 0.269. The number of pyridine rings is 1. The third-order valence-corrected chi connectivity index (χ3v) is 9.30. The van der Waals surface area contributed by atoms with Crippen LogP contribution in [0.5, 0.6) is 0 Å². The number of nitrogens with one attached hydrogen (secondary N) is 1. The predicted octanol–water partition coefficient (Wildman–Crippen LogP) is 4.71. The molecule has 4 heterocycles. The molecule has 2 aliphatic rings. The van der Waals surface area contributed by atoms with E-state index < -0.39 is 27.3 Å². The van der Waals surface area contributed by atoms with Gasteiger partial charge in [0.1, 0.15) is 5.56 Å². The largest absolute Gasteiger partial charge is 0.419 e. The molecule has 0 unspecified atom stereocenters. The first-order valence-corrected chi connectivity index (χ1v) is 16.7. The molecule has 0 spiro atoms. The van der Waals surface area contributed by atoms with Crippen LogP contribution in [0.4, 0.5) is 24.9 Å². The van der Waals surface area contributed by atoms with Gasteiger partial charge in [-0.1, -0.05) is 0 Å². The van der Waals surface area contributed by atoms with Gasteiger partial charge in [0.05, 0.1) is 34.9 Å². The number of aromatic nitrogens is 7. The monoisotopic (exact) mass is 655 g/mol. The molecule has 12 nitrogen and oxygen atoms in total. The van der Waals surface area contributed by atoms with Crippen LogP contribution in [-0.4, -0.2) is 67.4 Å². The molecule has 0 aromatic carbocycles. The molecule has 0 atom stereocenters. The summed E-state index contributed by atoms with van der Waals surface area (Å²) in [6.45, 7) is 0. The maximum atomic E-state index is 13.9. The Labute approximate surface area is 263 Å². The van der Waals surface area contributed by atoms with Crippen molar-refractivity contribution >= 4 is 27.5 Å². The zero-order valence-corrected chi connectivity index (χ0v) is 26.0. The van der Waals surface area contributed by atoms with Gasteiger partial charge in [0.15, 0.2) is 15.7 Å². The third-order valence-electron chi connectivity index (χ3n) is 8.22.